The first-order valence-corrected chi connectivity index (χ1v) is 3.81. The second kappa shape index (κ2) is 4.22. The molecule has 1 atom stereocenters. The van der Waals surface area contributed by atoms with Gasteiger partial charge in [0.05, 0.1) is 5.69 Å². The molecule has 0 saturated heterocycles. The first-order chi connectivity index (χ1) is 6.61. The maximum absolute atomic E-state index is 10.7. The number of carbonyl (C=O) groups is 2. The standard InChI is InChI=1S/C8H9N3O3/c9-8(14)11-6(7(12)13)5-3-1-2-4-10-5/h1-4,6H,(H,12,13)(H3,9,11,14). The van der Waals surface area contributed by atoms with Crippen LogP contribution >= 0.6 is 0 Å². The number of nitrogens with two attached hydrogens (primary N) is 1. The first kappa shape index (κ1) is 9.97. The summed E-state index contributed by atoms with van der Waals surface area (Å²) in [5.74, 6) is -1.21. The molecule has 2 amide bonds. The van der Waals surface area contributed by atoms with Gasteiger partial charge in [-0.3, -0.25) is 4.98 Å². The summed E-state index contributed by atoms with van der Waals surface area (Å²) in [4.78, 5) is 25.0. The van der Waals surface area contributed by atoms with Crippen LogP contribution in [0, 0.1) is 0 Å². The number of carbonyl (C=O) groups excluding carboxylic acids is 1. The molecular weight excluding hydrogens is 186 g/mol. The molecule has 0 aliphatic rings. The van der Waals surface area contributed by atoms with Gasteiger partial charge in [-0.1, -0.05) is 6.07 Å². The number of hydrogen-bond donors (Lipinski definition) is 3. The summed E-state index contributed by atoms with van der Waals surface area (Å²) < 4.78 is 0. The topological polar surface area (TPSA) is 105 Å². The molecule has 1 unspecified atom stereocenters. The van der Waals surface area contributed by atoms with Gasteiger partial charge in [0.15, 0.2) is 6.04 Å². The molecule has 6 nitrogen and oxygen atoms in total. The minimum Gasteiger partial charge on any atom is -0.479 e. The quantitative estimate of drug-likeness (QED) is 0.624. The van der Waals surface area contributed by atoms with E-state index in [1.165, 1.54) is 12.3 Å². The van der Waals surface area contributed by atoms with Gasteiger partial charge in [0.25, 0.3) is 0 Å². The van der Waals surface area contributed by atoms with E-state index in [-0.39, 0.29) is 5.69 Å². The van der Waals surface area contributed by atoms with Crippen LogP contribution < -0.4 is 11.1 Å². The highest BCUT2D eigenvalue weighted by molar-refractivity contribution is 5.82. The van der Waals surface area contributed by atoms with Crippen molar-refractivity contribution in [1.82, 2.24) is 10.3 Å². The lowest BCUT2D eigenvalue weighted by molar-refractivity contribution is -0.139. The van der Waals surface area contributed by atoms with Crippen LogP contribution in [0.1, 0.15) is 11.7 Å². The number of rotatable bonds is 3. The summed E-state index contributed by atoms with van der Waals surface area (Å²) in [5.41, 5.74) is 5.06. The molecule has 0 fully saturated rings. The summed E-state index contributed by atoms with van der Waals surface area (Å²) in [5, 5.41) is 10.8. The van der Waals surface area contributed by atoms with Crippen LogP contribution in [0.2, 0.25) is 0 Å². The van der Waals surface area contributed by atoms with Gasteiger partial charge in [0, 0.05) is 6.20 Å². The minimum atomic E-state index is -1.21. The van der Waals surface area contributed by atoms with Crippen LogP contribution in [-0.4, -0.2) is 22.1 Å². The number of aromatic nitrogens is 1. The Morgan fingerprint density at radius 2 is 2.21 bits per heavy atom. The maximum Gasteiger partial charge on any atom is 0.332 e. The Bertz CT molecular complexity index is 339. The fourth-order valence-electron chi connectivity index (χ4n) is 0.951. The third-order valence-electron chi connectivity index (χ3n) is 1.52. The van der Waals surface area contributed by atoms with Crippen molar-refractivity contribution in [2.45, 2.75) is 6.04 Å². The zero-order valence-electron chi connectivity index (χ0n) is 7.18. The summed E-state index contributed by atoms with van der Waals surface area (Å²) in [6, 6.07) is 2.67. The highest BCUT2D eigenvalue weighted by Gasteiger charge is 2.21. The van der Waals surface area contributed by atoms with E-state index in [1.807, 2.05) is 0 Å². The van der Waals surface area contributed by atoms with Gasteiger partial charge in [-0.2, -0.15) is 0 Å². The van der Waals surface area contributed by atoms with Gasteiger partial charge >= 0.3 is 12.0 Å². The van der Waals surface area contributed by atoms with Gasteiger partial charge in [0.2, 0.25) is 0 Å². The SMILES string of the molecule is NC(=O)NC(C(=O)O)c1ccccn1. The average molecular weight is 195 g/mol. The molecular formula is C8H9N3O3. The number of pyridine rings is 1. The number of amides is 2. The molecule has 0 spiro atoms. The smallest absolute Gasteiger partial charge is 0.332 e. The normalized spacial score (nSPS) is 11.7. The van der Waals surface area contributed by atoms with E-state index >= 15 is 0 Å². The summed E-state index contributed by atoms with van der Waals surface area (Å²) in [6.07, 6.45) is 1.44. The number of nitrogens with one attached hydrogen (secondary N) is 1. The van der Waals surface area contributed by atoms with E-state index in [1.54, 1.807) is 12.1 Å². The Balaban J connectivity index is 2.89. The Hall–Kier alpha value is -2.11. The molecule has 1 heterocycles. The van der Waals surface area contributed by atoms with E-state index < -0.39 is 18.0 Å². The van der Waals surface area contributed by atoms with E-state index in [0.717, 1.165) is 0 Å². The molecule has 74 valence electrons. The molecule has 4 N–H and O–H groups in total. The van der Waals surface area contributed by atoms with E-state index in [9.17, 15) is 9.59 Å². The highest BCUT2D eigenvalue weighted by Crippen LogP contribution is 2.08. The minimum absolute atomic E-state index is 0.235. The van der Waals surface area contributed by atoms with Crippen LogP contribution in [0.5, 0.6) is 0 Å². The van der Waals surface area contributed by atoms with Crippen molar-refractivity contribution < 1.29 is 14.7 Å². The second-order valence-corrected chi connectivity index (χ2v) is 2.53. The van der Waals surface area contributed by atoms with Crippen LogP contribution in [-0.2, 0) is 4.79 Å². The molecule has 0 radical (unpaired) electrons. The number of primary amides is 1. The van der Waals surface area contributed by atoms with Crippen molar-refractivity contribution >= 4 is 12.0 Å². The molecule has 0 saturated carbocycles. The fraction of sp³-hybridized carbons (Fsp3) is 0.125. The zero-order chi connectivity index (χ0) is 10.6. The molecule has 6 heteroatoms. The predicted octanol–water partition coefficient (Wildman–Crippen LogP) is -0.124. The monoisotopic (exact) mass is 195 g/mol. The van der Waals surface area contributed by atoms with E-state index in [4.69, 9.17) is 10.8 Å². The second-order valence-electron chi connectivity index (χ2n) is 2.53. The molecule has 1 aromatic heterocycles. The fourth-order valence-corrected chi connectivity index (χ4v) is 0.951. The molecule has 0 aromatic carbocycles. The Morgan fingerprint density at radius 3 is 2.64 bits per heavy atom. The zero-order valence-corrected chi connectivity index (χ0v) is 7.18. The average Bonchev–Trinajstić information content (AvgIpc) is 2.15. The maximum atomic E-state index is 10.7. The summed E-state index contributed by atoms with van der Waals surface area (Å²) in [7, 11) is 0. The van der Waals surface area contributed by atoms with Crippen molar-refractivity contribution in [3.05, 3.63) is 30.1 Å². The van der Waals surface area contributed by atoms with E-state index in [2.05, 4.69) is 10.3 Å². The Labute approximate surface area is 79.8 Å². The Kier molecular flexibility index (Phi) is 3.01. The lowest BCUT2D eigenvalue weighted by Gasteiger charge is -2.11. The largest absolute Gasteiger partial charge is 0.479 e. The van der Waals surface area contributed by atoms with Gasteiger partial charge in [0.1, 0.15) is 0 Å². The Morgan fingerprint density at radius 1 is 1.50 bits per heavy atom. The van der Waals surface area contributed by atoms with Crippen molar-refractivity contribution in [3.63, 3.8) is 0 Å². The van der Waals surface area contributed by atoms with Crippen LogP contribution in [0.25, 0.3) is 0 Å². The lowest BCUT2D eigenvalue weighted by atomic mass is 10.2. The third-order valence-corrected chi connectivity index (χ3v) is 1.52. The van der Waals surface area contributed by atoms with Gasteiger partial charge in [-0.25, -0.2) is 9.59 Å². The van der Waals surface area contributed by atoms with Crippen molar-refractivity contribution in [1.29, 1.82) is 0 Å². The van der Waals surface area contributed by atoms with Gasteiger partial charge in [-0.15, -0.1) is 0 Å². The van der Waals surface area contributed by atoms with Crippen LogP contribution in [0.4, 0.5) is 4.79 Å². The molecule has 1 aromatic rings. The molecule has 14 heavy (non-hydrogen) atoms. The van der Waals surface area contributed by atoms with Gasteiger partial charge in [-0.05, 0) is 12.1 Å². The number of aliphatic carboxylic acids is 1. The van der Waals surface area contributed by atoms with Crippen molar-refractivity contribution in [2.75, 3.05) is 0 Å². The third kappa shape index (κ3) is 2.44. The van der Waals surface area contributed by atoms with Crippen molar-refractivity contribution in [2.24, 2.45) is 5.73 Å². The van der Waals surface area contributed by atoms with Crippen molar-refractivity contribution in [3.8, 4) is 0 Å². The predicted molar refractivity (Wildman–Crippen MR) is 47.3 cm³/mol. The molecule has 1 rings (SSSR count). The number of carboxylic acids is 1. The number of urea groups is 1. The summed E-state index contributed by atoms with van der Waals surface area (Å²) in [6.45, 7) is 0. The number of carboxylic acid groups (broad SMARTS) is 1. The molecule has 0 aliphatic heterocycles. The van der Waals surface area contributed by atoms with Crippen LogP contribution in [0.15, 0.2) is 24.4 Å². The molecule has 0 bridgehead atoms. The van der Waals surface area contributed by atoms with E-state index in [0.29, 0.717) is 0 Å². The molecule has 0 aliphatic carbocycles. The lowest BCUT2D eigenvalue weighted by Crippen LogP contribution is -2.37. The number of hydrogen-bond acceptors (Lipinski definition) is 3. The van der Waals surface area contributed by atoms with Crippen LogP contribution in [0.3, 0.4) is 0 Å². The highest BCUT2D eigenvalue weighted by atomic mass is 16.4. The number of nitrogens with zero attached hydrogens (tertiary/aromatic N) is 1. The van der Waals surface area contributed by atoms with Gasteiger partial charge < -0.3 is 16.2 Å². The summed E-state index contributed by atoms with van der Waals surface area (Å²) >= 11 is 0. The first-order valence-electron chi connectivity index (χ1n) is 3.81.